The van der Waals surface area contributed by atoms with Crippen LogP contribution >= 0.6 is 0 Å². The quantitative estimate of drug-likeness (QED) is 0.413. The molecule has 1 aromatic rings. The molecule has 0 saturated carbocycles. The number of ether oxygens (including phenoxy) is 2. The minimum atomic E-state index is -0.674. The van der Waals surface area contributed by atoms with Gasteiger partial charge in [-0.2, -0.15) is 0 Å². The number of hydrogen-bond acceptors (Lipinski definition) is 6. The zero-order valence-corrected chi connectivity index (χ0v) is 14.7. The number of nitrogens with two attached hydrogens (primary N) is 1. The minimum Gasteiger partial charge on any atom is -0.460 e. The summed E-state index contributed by atoms with van der Waals surface area (Å²) in [5, 5.41) is 7.05. The molecule has 1 amide bonds. The summed E-state index contributed by atoms with van der Waals surface area (Å²) in [5.41, 5.74) is 5.79. The van der Waals surface area contributed by atoms with Gasteiger partial charge in [0.25, 0.3) is 0 Å². The van der Waals surface area contributed by atoms with Crippen LogP contribution in [0.1, 0.15) is 12.0 Å². The molecule has 2 rings (SSSR count). The molecule has 0 bridgehead atoms. The molecule has 1 aromatic carbocycles. The van der Waals surface area contributed by atoms with Crippen molar-refractivity contribution in [3.63, 3.8) is 0 Å². The number of nitrogens with one attached hydrogen (secondary N) is 1. The summed E-state index contributed by atoms with van der Waals surface area (Å²) < 4.78 is 24.5. The summed E-state index contributed by atoms with van der Waals surface area (Å²) in [6.07, 6.45) is -0.321. The molecule has 1 aliphatic rings. The highest BCUT2D eigenvalue weighted by Crippen LogP contribution is 2.24. The highest BCUT2D eigenvalue weighted by Gasteiger charge is 2.23. The van der Waals surface area contributed by atoms with Crippen LogP contribution in [0.4, 0.5) is 10.1 Å². The maximum atomic E-state index is 14.7. The summed E-state index contributed by atoms with van der Waals surface area (Å²) in [4.78, 5) is 26.8. The summed E-state index contributed by atoms with van der Waals surface area (Å²) in [6.45, 7) is 1.78. The lowest BCUT2D eigenvalue weighted by molar-refractivity contribution is -0.143. The van der Waals surface area contributed by atoms with Gasteiger partial charge in [0, 0.05) is 38.9 Å². The summed E-state index contributed by atoms with van der Waals surface area (Å²) in [5.74, 6) is -1.52. The Kier molecular flexibility index (Phi) is 6.90. The van der Waals surface area contributed by atoms with Gasteiger partial charge in [-0.1, -0.05) is 12.1 Å². The first-order valence-electron chi connectivity index (χ1n) is 8.20. The van der Waals surface area contributed by atoms with Gasteiger partial charge in [0.2, 0.25) is 5.91 Å². The number of rotatable bonds is 7. The standard InChI is InChI=1S/C17H23FN4O4/c1-25-11-15(23)22-7-5-21(6-8-22)13-4-2-3-12(17(13)18)10-26-16(24)9-14(19)20/h2-4H,5-11H2,1H3,(H3,19,20). The van der Waals surface area contributed by atoms with Crippen molar-refractivity contribution in [2.75, 3.05) is 44.8 Å². The molecule has 1 heterocycles. The van der Waals surface area contributed by atoms with Crippen molar-refractivity contribution in [1.29, 1.82) is 5.41 Å². The number of halogens is 1. The van der Waals surface area contributed by atoms with Gasteiger partial charge in [-0.15, -0.1) is 0 Å². The maximum Gasteiger partial charge on any atom is 0.313 e. The third-order valence-electron chi connectivity index (χ3n) is 4.02. The second-order valence-electron chi connectivity index (χ2n) is 5.91. The van der Waals surface area contributed by atoms with Crippen molar-refractivity contribution in [2.24, 2.45) is 5.73 Å². The van der Waals surface area contributed by atoms with E-state index in [2.05, 4.69) is 0 Å². The molecule has 0 aromatic heterocycles. The molecule has 0 spiro atoms. The molecule has 26 heavy (non-hydrogen) atoms. The third-order valence-corrected chi connectivity index (χ3v) is 4.02. The highest BCUT2D eigenvalue weighted by molar-refractivity contribution is 5.94. The van der Waals surface area contributed by atoms with E-state index in [1.165, 1.54) is 13.2 Å². The molecule has 1 aliphatic heterocycles. The molecule has 0 atom stereocenters. The average molecular weight is 366 g/mol. The van der Waals surface area contributed by atoms with Crippen molar-refractivity contribution >= 4 is 23.4 Å². The van der Waals surface area contributed by atoms with Crippen molar-refractivity contribution in [2.45, 2.75) is 13.0 Å². The normalized spacial score (nSPS) is 14.2. The first kappa shape index (κ1) is 19.6. The zero-order chi connectivity index (χ0) is 19.1. The number of anilines is 1. The Morgan fingerprint density at radius 1 is 1.27 bits per heavy atom. The Bertz CT molecular complexity index is 675. The third kappa shape index (κ3) is 5.16. The number of benzene rings is 1. The lowest BCUT2D eigenvalue weighted by atomic mass is 10.1. The van der Waals surface area contributed by atoms with Gasteiger partial charge in [0.1, 0.15) is 25.5 Å². The number of hydrogen-bond donors (Lipinski definition) is 2. The molecule has 0 unspecified atom stereocenters. The lowest BCUT2D eigenvalue weighted by Gasteiger charge is -2.36. The van der Waals surface area contributed by atoms with Crippen LogP contribution in [0.25, 0.3) is 0 Å². The molecule has 9 heteroatoms. The van der Waals surface area contributed by atoms with Gasteiger partial charge >= 0.3 is 5.97 Å². The number of esters is 1. The van der Waals surface area contributed by atoms with E-state index in [1.807, 2.05) is 4.90 Å². The van der Waals surface area contributed by atoms with Crippen molar-refractivity contribution in [3.05, 3.63) is 29.6 Å². The molecule has 0 aliphatic carbocycles. The number of piperazine rings is 1. The van der Waals surface area contributed by atoms with Crippen LogP contribution in [0.15, 0.2) is 18.2 Å². The van der Waals surface area contributed by atoms with E-state index in [0.29, 0.717) is 31.9 Å². The van der Waals surface area contributed by atoms with E-state index < -0.39 is 11.8 Å². The Labute approximate surface area is 151 Å². The molecule has 1 fully saturated rings. The van der Waals surface area contributed by atoms with Crippen molar-refractivity contribution in [1.82, 2.24) is 4.90 Å². The Balaban J connectivity index is 1.98. The predicted molar refractivity (Wildman–Crippen MR) is 93.4 cm³/mol. The van der Waals surface area contributed by atoms with Crippen LogP contribution in [0.5, 0.6) is 0 Å². The number of nitrogens with zero attached hydrogens (tertiary/aromatic N) is 2. The van der Waals surface area contributed by atoms with E-state index in [4.69, 9.17) is 20.6 Å². The topological polar surface area (TPSA) is 109 Å². The molecular weight excluding hydrogens is 343 g/mol. The van der Waals surface area contributed by atoms with Crippen LogP contribution in [0.2, 0.25) is 0 Å². The highest BCUT2D eigenvalue weighted by atomic mass is 19.1. The summed E-state index contributed by atoms with van der Waals surface area (Å²) in [7, 11) is 1.47. The number of carbonyl (C=O) groups excluding carboxylic acids is 2. The molecule has 1 saturated heterocycles. The Morgan fingerprint density at radius 3 is 2.58 bits per heavy atom. The smallest absolute Gasteiger partial charge is 0.313 e. The van der Waals surface area contributed by atoms with E-state index in [9.17, 15) is 14.0 Å². The largest absolute Gasteiger partial charge is 0.460 e. The van der Waals surface area contributed by atoms with Gasteiger partial charge in [0.05, 0.1) is 5.69 Å². The molecule has 142 valence electrons. The van der Waals surface area contributed by atoms with E-state index in [-0.39, 0.29) is 36.9 Å². The SMILES string of the molecule is COCC(=O)N1CCN(c2cccc(COC(=O)CC(=N)N)c2F)CC1. The monoisotopic (exact) mass is 366 g/mol. The minimum absolute atomic E-state index is 0.0372. The van der Waals surface area contributed by atoms with Gasteiger partial charge in [-0.05, 0) is 6.07 Å². The van der Waals surface area contributed by atoms with Crippen LogP contribution in [0, 0.1) is 11.2 Å². The Morgan fingerprint density at radius 2 is 1.96 bits per heavy atom. The first-order valence-corrected chi connectivity index (χ1v) is 8.20. The fourth-order valence-electron chi connectivity index (χ4n) is 2.70. The first-order chi connectivity index (χ1) is 12.4. The van der Waals surface area contributed by atoms with E-state index in [1.54, 1.807) is 17.0 Å². The molecule has 0 radical (unpaired) electrons. The molecule has 3 N–H and O–H groups in total. The number of amidine groups is 1. The summed E-state index contributed by atoms with van der Waals surface area (Å²) in [6, 6.07) is 4.89. The van der Waals surface area contributed by atoms with Crippen molar-refractivity contribution in [3.8, 4) is 0 Å². The maximum absolute atomic E-state index is 14.7. The average Bonchev–Trinajstić information content (AvgIpc) is 2.60. The van der Waals surface area contributed by atoms with Gasteiger partial charge < -0.3 is 25.0 Å². The Hall–Kier alpha value is -2.68. The second kappa shape index (κ2) is 9.14. The molecule has 8 nitrogen and oxygen atoms in total. The van der Waals surface area contributed by atoms with E-state index >= 15 is 0 Å². The fraction of sp³-hybridized carbons (Fsp3) is 0.471. The zero-order valence-electron chi connectivity index (χ0n) is 14.7. The van der Waals surface area contributed by atoms with Gasteiger partial charge in [-0.3, -0.25) is 15.0 Å². The van der Waals surface area contributed by atoms with Gasteiger partial charge in [0.15, 0.2) is 5.82 Å². The number of carbonyl (C=O) groups is 2. The van der Waals surface area contributed by atoms with Crippen LogP contribution in [0.3, 0.4) is 0 Å². The van der Waals surface area contributed by atoms with E-state index in [0.717, 1.165) is 0 Å². The van der Waals surface area contributed by atoms with Crippen LogP contribution < -0.4 is 10.6 Å². The fourth-order valence-corrected chi connectivity index (χ4v) is 2.70. The predicted octanol–water partition coefficient (Wildman–Crippen LogP) is 0.490. The van der Waals surface area contributed by atoms with Crippen molar-refractivity contribution < 1.29 is 23.5 Å². The van der Waals surface area contributed by atoms with Crippen LogP contribution in [-0.2, 0) is 25.7 Å². The number of methoxy groups -OCH3 is 1. The van der Waals surface area contributed by atoms with Crippen LogP contribution in [-0.4, -0.2) is 62.5 Å². The van der Waals surface area contributed by atoms with Gasteiger partial charge in [-0.25, -0.2) is 4.39 Å². The summed E-state index contributed by atoms with van der Waals surface area (Å²) >= 11 is 0. The lowest BCUT2D eigenvalue weighted by Crippen LogP contribution is -2.50. The number of amides is 1. The molecular formula is C17H23FN4O4. The second-order valence-corrected chi connectivity index (χ2v) is 5.91.